The van der Waals surface area contributed by atoms with E-state index in [0.29, 0.717) is 22.7 Å². The van der Waals surface area contributed by atoms with Crippen molar-refractivity contribution in [2.45, 2.75) is 6.42 Å². The second kappa shape index (κ2) is 8.17. The van der Waals surface area contributed by atoms with Gasteiger partial charge in [-0.15, -0.1) is 0 Å². The quantitative estimate of drug-likeness (QED) is 0.361. The van der Waals surface area contributed by atoms with Gasteiger partial charge in [0.25, 0.3) is 5.89 Å². The topological polar surface area (TPSA) is 135 Å². The number of aromatic nitrogens is 7. The minimum absolute atomic E-state index is 0.0509. The molecule has 0 aliphatic heterocycles. The molecule has 2 aromatic carbocycles. The molecule has 0 radical (unpaired) electrons. The molecule has 0 saturated heterocycles. The summed E-state index contributed by atoms with van der Waals surface area (Å²) in [5.74, 6) is 0.989. The van der Waals surface area contributed by atoms with Crippen LogP contribution in [-0.2, 0) is 6.42 Å². The van der Waals surface area contributed by atoms with Gasteiger partial charge in [0.1, 0.15) is 11.3 Å². The fraction of sp³-hybridized carbons (Fsp3) is 0.0417. The molecule has 6 rings (SSSR count). The van der Waals surface area contributed by atoms with Crippen LogP contribution in [0, 0.1) is 0 Å². The number of oxazole rings is 1. The Bertz CT molecular complexity index is 1640. The molecule has 10 nitrogen and oxygen atoms in total. The van der Waals surface area contributed by atoms with Gasteiger partial charge in [-0.3, -0.25) is 9.89 Å². The molecule has 4 heterocycles. The number of nitrogens with zero attached hydrogens (tertiary/aromatic N) is 6. The van der Waals surface area contributed by atoms with E-state index < -0.39 is 0 Å². The molecule has 0 bridgehead atoms. The molecular formula is C24H16N8O2. The van der Waals surface area contributed by atoms with E-state index in [1.807, 2.05) is 24.3 Å². The molecule has 0 atom stereocenters. The van der Waals surface area contributed by atoms with Crippen LogP contribution in [0.15, 0.2) is 77.7 Å². The van der Waals surface area contributed by atoms with Crippen LogP contribution < -0.4 is 5.32 Å². The zero-order chi connectivity index (χ0) is 22.9. The average Bonchev–Trinajstić information content (AvgIpc) is 3.51. The maximum Gasteiger partial charge on any atom is 0.264 e. The third kappa shape index (κ3) is 3.84. The van der Waals surface area contributed by atoms with Crippen LogP contribution in [0.25, 0.3) is 33.4 Å². The fourth-order valence-corrected chi connectivity index (χ4v) is 3.61. The van der Waals surface area contributed by atoms with Crippen LogP contribution in [0.4, 0.5) is 11.5 Å². The first-order valence-corrected chi connectivity index (χ1v) is 10.4. The van der Waals surface area contributed by atoms with E-state index in [0.717, 1.165) is 27.7 Å². The largest absolute Gasteiger partial charge is 0.434 e. The Morgan fingerprint density at radius 3 is 2.85 bits per heavy atom. The first-order valence-electron chi connectivity index (χ1n) is 10.4. The number of Topliss-reactive ketones (excluding diaryl/α,β-unsaturated/α-hetero) is 1. The van der Waals surface area contributed by atoms with Gasteiger partial charge in [0.2, 0.25) is 5.78 Å². The highest BCUT2D eigenvalue weighted by molar-refractivity contribution is 5.95. The molecule has 164 valence electrons. The second-order valence-corrected chi connectivity index (χ2v) is 7.61. The van der Waals surface area contributed by atoms with Crippen molar-refractivity contribution >= 4 is 39.3 Å². The number of hydrogen-bond donors (Lipinski definition) is 2. The predicted molar refractivity (Wildman–Crippen MR) is 124 cm³/mol. The predicted octanol–water partition coefficient (Wildman–Crippen LogP) is 4.12. The third-order valence-corrected chi connectivity index (χ3v) is 5.26. The van der Waals surface area contributed by atoms with Crippen molar-refractivity contribution in [3.63, 3.8) is 0 Å². The number of fused-ring (bicyclic) bond motifs is 2. The highest BCUT2D eigenvalue weighted by Gasteiger charge is 2.16. The van der Waals surface area contributed by atoms with E-state index >= 15 is 0 Å². The minimum atomic E-state index is -0.234. The van der Waals surface area contributed by atoms with Gasteiger partial charge < -0.3 is 9.73 Å². The summed E-state index contributed by atoms with van der Waals surface area (Å²) in [7, 11) is 0. The van der Waals surface area contributed by atoms with Gasteiger partial charge in [0.15, 0.2) is 11.4 Å². The van der Waals surface area contributed by atoms with Crippen LogP contribution in [-0.4, -0.2) is 41.1 Å². The van der Waals surface area contributed by atoms with Crippen LogP contribution >= 0.6 is 0 Å². The zero-order valence-corrected chi connectivity index (χ0v) is 17.6. The molecule has 0 amide bonds. The lowest BCUT2D eigenvalue weighted by Gasteiger charge is -2.07. The number of carbonyl (C=O) groups is 1. The van der Waals surface area contributed by atoms with Crippen molar-refractivity contribution in [1.29, 1.82) is 0 Å². The van der Waals surface area contributed by atoms with Gasteiger partial charge in [0, 0.05) is 35.5 Å². The Balaban J connectivity index is 1.25. The number of carbonyl (C=O) groups excluding carboxylic acids is 1. The zero-order valence-electron chi connectivity index (χ0n) is 17.6. The van der Waals surface area contributed by atoms with E-state index in [1.54, 1.807) is 49.1 Å². The highest BCUT2D eigenvalue weighted by Crippen LogP contribution is 2.25. The molecule has 0 aliphatic carbocycles. The molecule has 0 spiro atoms. The maximum absolute atomic E-state index is 12.6. The monoisotopic (exact) mass is 448 g/mol. The number of anilines is 2. The molecule has 6 aromatic rings. The lowest BCUT2D eigenvalue weighted by molar-refractivity contribution is 0.0962. The summed E-state index contributed by atoms with van der Waals surface area (Å²) in [5, 5.41) is 18.8. The van der Waals surface area contributed by atoms with E-state index in [4.69, 9.17) is 4.42 Å². The van der Waals surface area contributed by atoms with Gasteiger partial charge in [-0.25, -0.2) is 15.0 Å². The first-order chi connectivity index (χ1) is 16.7. The van der Waals surface area contributed by atoms with Crippen LogP contribution in [0.2, 0.25) is 0 Å². The van der Waals surface area contributed by atoms with Crippen molar-refractivity contribution in [3.05, 3.63) is 84.8 Å². The number of H-pyrrole nitrogens is 1. The summed E-state index contributed by atoms with van der Waals surface area (Å²) >= 11 is 0. The number of rotatable bonds is 6. The molecule has 4 aromatic heterocycles. The van der Waals surface area contributed by atoms with Gasteiger partial charge in [0.05, 0.1) is 17.9 Å². The van der Waals surface area contributed by atoms with Crippen molar-refractivity contribution in [3.8, 4) is 11.4 Å². The lowest BCUT2D eigenvalue weighted by atomic mass is 10.1. The highest BCUT2D eigenvalue weighted by atomic mass is 16.4. The molecule has 34 heavy (non-hydrogen) atoms. The summed E-state index contributed by atoms with van der Waals surface area (Å²) in [6.45, 7) is 0. The average molecular weight is 448 g/mol. The van der Waals surface area contributed by atoms with Crippen molar-refractivity contribution < 1.29 is 9.21 Å². The summed E-state index contributed by atoms with van der Waals surface area (Å²) < 4.78 is 5.67. The SMILES string of the molecule is O=C(Cc1ccnnc1)c1nc2cc(-c3nccc(Nc4ccc5[nH]ncc5c4)n3)ccc2o1. The maximum atomic E-state index is 12.6. The van der Waals surface area contributed by atoms with E-state index in [9.17, 15) is 4.79 Å². The molecule has 2 N–H and O–H groups in total. The van der Waals surface area contributed by atoms with Gasteiger partial charge in [-0.05, 0) is 54.1 Å². The lowest BCUT2D eigenvalue weighted by Crippen LogP contribution is -2.04. The molecule has 0 fully saturated rings. The fourth-order valence-electron chi connectivity index (χ4n) is 3.61. The van der Waals surface area contributed by atoms with Gasteiger partial charge >= 0.3 is 0 Å². The van der Waals surface area contributed by atoms with E-state index in [1.165, 1.54) is 0 Å². The molecule has 10 heteroatoms. The summed E-state index contributed by atoms with van der Waals surface area (Å²) in [6, 6.07) is 14.8. The Morgan fingerprint density at radius 2 is 1.94 bits per heavy atom. The van der Waals surface area contributed by atoms with Crippen LogP contribution in [0.1, 0.15) is 16.2 Å². The minimum Gasteiger partial charge on any atom is -0.434 e. The van der Waals surface area contributed by atoms with E-state index in [-0.39, 0.29) is 18.1 Å². The Morgan fingerprint density at radius 1 is 0.971 bits per heavy atom. The van der Waals surface area contributed by atoms with Gasteiger partial charge in [-0.1, -0.05) is 0 Å². The van der Waals surface area contributed by atoms with E-state index in [2.05, 4.69) is 40.7 Å². The number of ketones is 1. The summed E-state index contributed by atoms with van der Waals surface area (Å²) in [6.07, 6.45) is 6.68. The number of hydrogen-bond acceptors (Lipinski definition) is 9. The second-order valence-electron chi connectivity index (χ2n) is 7.61. The molecule has 0 aliphatic rings. The Labute approximate surface area is 192 Å². The summed E-state index contributed by atoms with van der Waals surface area (Å²) in [5.41, 5.74) is 4.42. The smallest absolute Gasteiger partial charge is 0.264 e. The molecular weight excluding hydrogens is 432 g/mol. The molecule has 0 saturated carbocycles. The number of benzene rings is 2. The number of aromatic amines is 1. The normalized spacial score (nSPS) is 11.2. The Hall–Kier alpha value is -4.99. The first kappa shape index (κ1) is 19.7. The summed E-state index contributed by atoms with van der Waals surface area (Å²) in [4.78, 5) is 26.0. The van der Waals surface area contributed by atoms with Gasteiger partial charge in [-0.2, -0.15) is 15.3 Å². The molecule has 0 unspecified atom stereocenters. The third-order valence-electron chi connectivity index (χ3n) is 5.26. The van der Waals surface area contributed by atoms with Crippen LogP contribution in [0.5, 0.6) is 0 Å². The van der Waals surface area contributed by atoms with Crippen molar-refractivity contribution in [2.75, 3.05) is 5.32 Å². The van der Waals surface area contributed by atoms with Crippen LogP contribution in [0.3, 0.4) is 0 Å². The number of nitrogens with one attached hydrogen (secondary N) is 2. The van der Waals surface area contributed by atoms with Crippen molar-refractivity contribution in [2.24, 2.45) is 0 Å². The standard InChI is InChI=1S/C24H16N8O2/c33-20(9-14-5-8-26-27-12-14)24-30-19-11-15(1-4-21(19)34-24)23-25-7-6-22(31-23)29-17-2-3-18-16(10-17)13-28-32-18/h1-8,10-13H,9H2,(H,28,32)(H,25,29,31). The Kier molecular flexibility index (Phi) is 4.73. The van der Waals surface area contributed by atoms with Crippen molar-refractivity contribution in [1.82, 2.24) is 35.3 Å².